The monoisotopic (exact) mass is 251 g/mol. The average Bonchev–Trinajstić information content (AvgIpc) is 2.79. The summed E-state index contributed by atoms with van der Waals surface area (Å²) in [6.45, 7) is 1.37. The Kier molecular flexibility index (Phi) is 4.44. The second kappa shape index (κ2) is 6.07. The summed E-state index contributed by atoms with van der Waals surface area (Å²) in [5.74, 6) is -0.173. The number of likely N-dealkylation sites (tertiary alicyclic amines) is 1. The molecule has 0 saturated carbocycles. The number of carbonyl (C=O) groups is 1. The van der Waals surface area contributed by atoms with Crippen LogP contribution in [0.3, 0.4) is 0 Å². The van der Waals surface area contributed by atoms with Crippen molar-refractivity contribution in [3.05, 3.63) is 35.6 Å². The molecule has 18 heavy (non-hydrogen) atoms. The van der Waals surface area contributed by atoms with Crippen LogP contribution >= 0.6 is 0 Å². The van der Waals surface area contributed by atoms with E-state index in [4.69, 9.17) is 0 Å². The van der Waals surface area contributed by atoms with Gasteiger partial charge in [-0.2, -0.15) is 0 Å². The first-order chi connectivity index (χ1) is 8.69. The van der Waals surface area contributed by atoms with Crippen molar-refractivity contribution in [1.82, 2.24) is 4.90 Å². The van der Waals surface area contributed by atoms with Gasteiger partial charge in [-0.15, -0.1) is 0 Å². The Balaban J connectivity index is 1.86. The second-order valence-electron chi connectivity index (χ2n) is 4.79. The zero-order valence-electron chi connectivity index (χ0n) is 10.3. The van der Waals surface area contributed by atoms with Crippen LogP contribution in [0.1, 0.15) is 18.4 Å². The maximum absolute atomic E-state index is 12.7. The van der Waals surface area contributed by atoms with E-state index in [1.54, 1.807) is 12.1 Å². The lowest BCUT2D eigenvalue weighted by molar-refractivity contribution is -0.119. The van der Waals surface area contributed by atoms with E-state index in [1.165, 1.54) is 12.1 Å². The predicted molar refractivity (Wildman–Crippen MR) is 66.8 cm³/mol. The zero-order valence-corrected chi connectivity index (χ0v) is 10.3. The molecule has 1 aliphatic rings. The third-order valence-electron chi connectivity index (χ3n) is 3.40. The fourth-order valence-electron chi connectivity index (χ4n) is 2.42. The molecular formula is C14H18FNO2. The summed E-state index contributed by atoms with van der Waals surface area (Å²) in [6.07, 6.45) is 2.32. The lowest BCUT2D eigenvalue weighted by Gasteiger charge is -2.21. The summed E-state index contributed by atoms with van der Waals surface area (Å²) < 4.78 is 12.7. The highest BCUT2D eigenvalue weighted by atomic mass is 19.1. The highest BCUT2D eigenvalue weighted by Crippen LogP contribution is 2.16. The number of Topliss-reactive ketones (excluding diaryl/α,β-unsaturated/α-hetero) is 1. The third-order valence-corrected chi connectivity index (χ3v) is 3.40. The molecular weight excluding hydrogens is 233 g/mol. The molecule has 1 N–H and O–H groups in total. The lowest BCUT2D eigenvalue weighted by atomic mass is 10.1. The van der Waals surface area contributed by atoms with Gasteiger partial charge in [0.2, 0.25) is 0 Å². The Hall–Kier alpha value is -1.26. The molecule has 0 amide bonds. The van der Waals surface area contributed by atoms with Gasteiger partial charge in [-0.05, 0) is 37.1 Å². The molecule has 1 aromatic rings. The van der Waals surface area contributed by atoms with Crippen LogP contribution in [0.5, 0.6) is 0 Å². The first-order valence-electron chi connectivity index (χ1n) is 6.30. The summed E-state index contributed by atoms with van der Waals surface area (Å²) in [5.41, 5.74) is 0.834. The summed E-state index contributed by atoms with van der Waals surface area (Å²) in [5, 5.41) is 9.17. The Labute approximate surface area is 106 Å². The average molecular weight is 251 g/mol. The Morgan fingerprint density at radius 2 is 2.11 bits per heavy atom. The molecule has 1 heterocycles. The molecule has 0 aliphatic carbocycles. The highest BCUT2D eigenvalue weighted by molar-refractivity contribution is 5.82. The Morgan fingerprint density at radius 3 is 2.78 bits per heavy atom. The fraction of sp³-hybridized carbons (Fsp3) is 0.500. The van der Waals surface area contributed by atoms with E-state index < -0.39 is 0 Å². The van der Waals surface area contributed by atoms with Gasteiger partial charge in [0.1, 0.15) is 5.82 Å². The molecule has 4 heteroatoms. The number of hydrogen-bond donors (Lipinski definition) is 1. The maximum atomic E-state index is 12.7. The molecule has 0 aromatic heterocycles. The Morgan fingerprint density at radius 1 is 1.39 bits per heavy atom. The van der Waals surface area contributed by atoms with Gasteiger partial charge in [-0.1, -0.05) is 12.1 Å². The highest BCUT2D eigenvalue weighted by Gasteiger charge is 2.25. The van der Waals surface area contributed by atoms with Gasteiger partial charge < -0.3 is 5.11 Å². The van der Waals surface area contributed by atoms with Crippen LogP contribution in [-0.4, -0.2) is 41.5 Å². The van der Waals surface area contributed by atoms with Crippen LogP contribution < -0.4 is 0 Å². The molecule has 3 nitrogen and oxygen atoms in total. The number of benzene rings is 1. The van der Waals surface area contributed by atoms with Crippen molar-refractivity contribution < 1.29 is 14.3 Å². The van der Waals surface area contributed by atoms with Crippen molar-refractivity contribution in [3.8, 4) is 0 Å². The minimum absolute atomic E-state index is 0.113. The molecule has 1 aliphatic heterocycles. The number of aliphatic hydroxyl groups is 1. The van der Waals surface area contributed by atoms with E-state index in [-0.39, 0.29) is 24.2 Å². The van der Waals surface area contributed by atoms with Crippen molar-refractivity contribution >= 4 is 5.78 Å². The molecule has 0 spiro atoms. The van der Waals surface area contributed by atoms with Crippen molar-refractivity contribution in [2.45, 2.75) is 25.3 Å². The van der Waals surface area contributed by atoms with E-state index >= 15 is 0 Å². The van der Waals surface area contributed by atoms with Gasteiger partial charge in [0.25, 0.3) is 0 Å². The van der Waals surface area contributed by atoms with Crippen molar-refractivity contribution in [2.75, 3.05) is 19.7 Å². The van der Waals surface area contributed by atoms with E-state index in [2.05, 4.69) is 0 Å². The Bertz CT molecular complexity index is 405. The van der Waals surface area contributed by atoms with Gasteiger partial charge in [0, 0.05) is 12.5 Å². The van der Waals surface area contributed by atoms with E-state index in [0.717, 1.165) is 24.9 Å². The van der Waals surface area contributed by atoms with Gasteiger partial charge in [-0.25, -0.2) is 4.39 Å². The molecule has 1 saturated heterocycles. The van der Waals surface area contributed by atoms with Crippen molar-refractivity contribution in [3.63, 3.8) is 0 Å². The summed E-state index contributed by atoms with van der Waals surface area (Å²) in [4.78, 5) is 13.9. The summed E-state index contributed by atoms with van der Waals surface area (Å²) in [7, 11) is 0. The first kappa shape index (κ1) is 13.2. The second-order valence-corrected chi connectivity index (χ2v) is 4.79. The minimum Gasteiger partial charge on any atom is -0.395 e. The third kappa shape index (κ3) is 3.37. The molecule has 1 unspecified atom stereocenters. The smallest absolute Gasteiger partial charge is 0.151 e. The van der Waals surface area contributed by atoms with Gasteiger partial charge in [-0.3, -0.25) is 9.69 Å². The molecule has 2 rings (SSSR count). The fourth-order valence-corrected chi connectivity index (χ4v) is 2.42. The maximum Gasteiger partial charge on any atom is 0.151 e. The molecule has 1 aromatic carbocycles. The van der Waals surface area contributed by atoms with Crippen molar-refractivity contribution in [2.24, 2.45) is 0 Å². The lowest BCUT2D eigenvalue weighted by Crippen LogP contribution is -2.36. The van der Waals surface area contributed by atoms with Gasteiger partial charge >= 0.3 is 0 Å². The minimum atomic E-state index is -0.286. The van der Waals surface area contributed by atoms with Crippen LogP contribution in [0, 0.1) is 5.82 Å². The number of hydrogen-bond acceptors (Lipinski definition) is 3. The number of carbonyl (C=O) groups excluding carboxylic acids is 1. The van der Waals surface area contributed by atoms with Gasteiger partial charge in [0.15, 0.2) is 5.78 Å². The van der Waals surface area contributed by atoms with Crippen molar-refractivity contribution in [1.29, 1.82) is 0 Å². The predicted octanol–water partition coefficient (Wildman–Crippen LogP) is 1.39. The zero-order chi connectivity index (χ0) is 13.0. The van der Waals surface area contributed by atoms with Crippen LogP contribution in [0.25, 0.3) is 0 Å². The molecule has 1 fully saturated rings. The number of aliphatic hydroxyl groups excluding tert-OH is 1. The topological polar surface area (TPSA) is 40.5 Å². The summed E-state index contributed by atoms with van der Waals surface area (Å²) in [6, 6.07) is 6.15. The van der Waals surface area contributed by atoms with E-state index in [1.807, 2.05) is 4.90 Å². The quantitative estimate of drug-likeness (QED) is 0.860. The normalized spacial score (nSPS) is 20.2. The molecule has 98 valence electrons. The number of rotatable bonds is 5. The van der Waals surface area contributed by atoms with Gasteiger partial charge in [0.05, 0.1) is 13.2 Å². The van der Waals surface area contributed by atoms with E-state index in [9.17, 15) is 14.3 Å². The molecule has 1 atom stereocenters. The summed E-state index contributed by atoms with van der Waals surface area (Å²) >= 11 is 0. The van der Waals surface area contributed by atoms with E-state index in [0.29, 0.717) is 13.0 Å². The van der Waals surface area contributed by atoms with Crippen LogP contribution in [0.2, 0.25) is 0 Å². The molecule has 0 bridgehead atoms. The number of nitrogens with zero attached hydrogens (tertiary/aromatic N) is 1. The largest absolute Gasteiger partial charge is 0.395 e. The SMILES string of the molecule is O=C(Cc1ccc(F)cc1)CN1CCCC1CO. The first-order valence-corrected chi connectivity index (χ1v) is 6.30. The molecule has 0 radical (unpaired) electrons. The standard InChI is InChI=1S/C14H18FNO2/c15-12-5-3-11(4-6-12)8-14(18)9-16-7-1-2-13(16)10-17/h3-6,13,17H,1-2,7-10H2. The van der Waals surface area contributed by atoms with Crippen LogP contribution in [0.15, 0.2) is 24.3 Å². The number of halogens is 1. The van der Waals surface area contributed by atoms with Crippen LogP contribution in [-0.2, 0) is 11.2 Å². The number of ketones is 1. The van der Waals surface area contributed by atoms with Crippen LogP contribution in [0.4, 0.5) is 4.39 Å².